The zero-order valence-electron chi connectivity index (χ0n) is 14.0. The predicted octanol–water partition coefficient (Wildman–Crippen LogP) is 4.04. The van der Waals surface area contributed by atoms with Crippen molar-refractivity contribution in [1.82, 2.24) is 14.9 Å². The van der Waals surface area contributed by atoms with Gasteiger partial charge in [-0.3, -0.25) is 14.9 Å². The fraction of sp³-hybridized carbons (Fsp3) is 0.176. The second-order valence-electron chi connectivity index (χ2n) is 5.66. The number of halogens is 1. The van der Waals surface area contributed by atoms with E-state index in [0.717, 1.165) is 11.5 Å². The molecule has 2 heterocycles. The van der Waals surface area contributed by atoms with Gasteiger partial charge >= 0.3 is 0 Å². The van der Waals surface area contributed by atoms with Gasteiger partial charge < -0.3 is 9.88 Å². The summed E-state index contributed by atoms with van der Waals surface area (Å²) in [7, 11) is 0. The Morgan fingerprint density at radius 1 is 1.35 bits per heavy atom. The van der Waals surface area contributed by atoms with Gasteiger partial charge in [0.2, 0.25) is 0 Å². The lowest BCUT2D eigenvalue weighted by Crippen LogP contribution is -2.21. The molecule has 7 nitrogen and oxygen atoms in total. The highest BCUT2D eigenvalue weighted by Gasteiger charge is 2.14. The Labute approximate surface area is 158 Å². The maximum absolute atomic E-state index is 12.1. The molecule has 1 N–H and O–H groups in total. The second kappa shape index (κ2) is 7.27. The third kappa shape index (κ3) is 3.76. The SMILES string of the molecule is Cc1cc(-n2cc(CNC(=O)c3ccc(Cl)s3)nc2C)ccc1[N+](=O)[O-]. The number of carbonyl (C=O) groups excluding carboxylic acids is 1. The third-order valence-electron chi connectivity index (χ3n) is 3.81. The molecule has 9 heteroatoms. The summed E-state index contributed by atoms with van der Waals surface area (Å²) in [6.07, 6.45) is 1.80. The van der Waals surface area contributed by atoms with Crippen LogP contribution < -0.4 is 5.32 Å². The summed E-state index contributed by atoms with van der Waals surface area (Å²) >= 11 is 7.05. The number of nitro benzene ring substituents is 1. The van der Waals surface area contributed by atoms with Gasteiger partial charge in [0.1, 0.15) is 5.82 Å². The first-order valence-corrected chi connectivity index (χ1v) is 8.88. The van der Waals surface area contributed by atoms with Gasteiger partial charge in [0.05, 0.1) is 26.4 Å². The zero-order chi connectivity index (χ0) is 18.8. The summed E-state index contributed by atoms with van der Waals surface area (Å²) in [5.41, 5.74) is 2.12. The van der Waals surface area contributed by atoms with Crippen molar-refractivity contribution in [3.05, 3.63) is 72.9 Å². The predicted molar refractivity (Wildman–Crippen MR) is 100 cm³/mol. The molecule has 0 atom stereocenters. The van der Waals surface area contributed by atoms with Gasteiger partial charge in [-0.05, 0) is 38.1 Å². The monoisotopic (exact) mass is 390 g/mol. The highest BCUT2D eigenvalue weighted by molar-refractivity contribution is 7.17. The van der Waals surface area contributed by atoms with Crippen molar-refractivity contribution in [1.29, 1.82) is 0 Å². The van der Waals surface area contributed by atoms with Gasteiger partial charge in [0.15, 0.2) is 0 Å². The minimum Gasteiger partial charge on any atom is -0.346 e. The molecule has 0 aliphatic carbocycles. The topological polar surface area (TPSA) is 90.1 Å². The van der Waals surface area contributed by atoms with Crippen LogP contribution in [0.25, 0.3) is 5.69 Å². The molecular weight excluding hydrogens is 376 g/mol. The second-order valence-corrected chi connectivity index (χ2v) is 7.38. The maximum atomic E-state index is 12.1. The molecule has 0 radical (unpaired) electrons. The smallest absolute Gasteiger partial charge is 0.272 e. The maximum Gasteiger partial charge on any atom is 0.272 e. The van der Waals surface area contributed by atoms with Crippen LogP contribution in [-0.2, 0) is 6.54 Å². The lowest BCUT2D eigenvalue weighted by atomic mass is 10.2. The lowest BCUT2D eigenvalue weighted by Gasteiger charge is -2.06. The number of amides is 1. The summed E-state index contributed by atoms with van der Waals surface area (Å²) in [4.78, 5) is 27.6. The molecule has 0 saturated carbocycles. The van der Waals surface area contributed by atoms with E-state index in [0.29, 0.717) is 20.5 Å². The molecule has 1 aromatic carbocycles. The van der Waals surface area contributed by atoms with E-state index >= 15 is 0 Å². The van der Waals surface area contributed by atoms with E-state index in [1.165, 1.54) is 17.4 Å². The van der Waals surface area contributed by atoms with Crippen molar-refractivity contribution in [2.24, 2.45) is 0 Å². The summed E-state index contributed by atoms with van der Waals surface area (Å²) in [6, 6.07) is 8.24. The van der Waals surface area contributed by atoms with Crippen LogP contribution in [-0.4, -0.2) is 20.4 Å². The average Bonchev–Trinajstić information content (AvgIpc) is 3.18. The number of carbonyl (C=O) groups is 1. The average molecular weight is 391 g/mol. The molecule has 0 bridgehead atoms. The van der Waals surface area contributed by atoms with Crippen molar-refractivity contribution in [3.63, 3.8) is 0 Å². The Kier molecular flexibility index (Phi) is 5.06. The number of thiophene rings is 1. The van der Waals surface area contributed by atoms with E-state index in [1.54, 1.807) is 37.4 Å². The van der Waals surface area contributed by atoms with Crippen LogP contribution in [0.5, 0.6) is 0 Å². The number of rotatable bonds is 5. The number of hydrogen-bond donors (Lipinski definition) is 1. The van der Waals surface area contributed by atoms with E-state index in [-0.39, 0.29) is 18.1 Å². The highest BCUT2D eigenvalue weighted by atomic mass is 35.5. The number of nitrogens with one attached hydrogen (secondary N) is 1. The van der Waals surface area contributed by atoms with Crippen molar-refractivity contribution < 1.29 is 9.72 Å². The number of hydrogen-bond acceptors (Lipinski definition) is 5. The van der Waals surface area contributed by atoms with Gasteiger partial charge in [-0.2, -0.15) is 0 Å². The molecule has 0 unspecified atom stereocenters. The lowest BCUT2D eigenvalue weighted by molar-refractivity contribution is -0.385. The first-order valence-electron chi connectivity index (χ1n) is 7.69. The molecule has 3 rings (SSSR count). The molecule has 0 fully saturated rings. The van der Waals surface area contributed by atoms with Crippen LogP contribution in [0.1, 0.15) is 26.8 Å². The van der Waals surface area contributed by atoms with Crippen LogP contribution in [0.3, 0.4) is 0 Å². The van der Waals surface area contributed by atoms with Crippen molar-refractivity contribution >= 4 is 34.5 Å². The molecule has 0 saturated heterocycles. The molecule has 0 aliphatic rings. The van der Waals surface area contributed by atoms with Crippen LogP contribution in [0.4, 0.5) is 5.69 Å². The summed E-state index contributed by atoms with van der Waals surface area (Å²) in [6.45, 7) is 3.80. The molecule has 2 aromatic heterocycles. The van der Waals surface area contributed by atoms with Gasteiger partial charge in [-0.25, -0.2) is 4.98 Å². The zero-order valence-corrected chi connectivity index (χ0v) is 15.6. The van der Waals surface area contributed by atoms with Crippen LogP contribution in [0.15, 0.2) is 36.5 Å². The number of imidazole rings is 1. The van der Waals surface area contributed by atoms with Crippen molar-refractivity contribution in [2.75, 3.05) is 0 Å². The molecule has 0 spiro atoms. The highest BCUT2D eigenvalue weighted by Crippen LogP contribution is 2.23. The van der Waals surface area contributed by atoms with E-state index in [2.05, 4.69) is 10.3 Å². The third-order valence-corrected chi connectivity index (χ3v) is 5.04. The summed E-state index contributed by atoms with van der Waals surface area (Å²) < 4.78 is 2.39. The van der Waals surface area contributed by atoms with E-state index in [1.807, 2.05) is 11.5 Å². The van der Waals surface area contributed by atoms with Crippen molar-refractivity contribution in [2.45, 2.75) is 20.4 Å². The summed E-state index contributed by atoms with van der Waals surface area (Å²) in [5, 5.41) is 13.8. The number of aryl methyl sites for hydroxylation is 2. The molecule has 134 valence electrons. The Bertz CT molecular complexity index is 996. The molecular formula is C17H15ClN4O3S. The number of aromatic nitrogens is 2. The van der Waals surface area contributed by atoms with Gasteiger partial charge in [-0.15, -0.1) is 11.3 Å². The largest absolute Gasteiger partial charge is 0.346 e. The standard InChI is InChI=1S/C17H15ClN4O3S/c1-10-7-13(3-4-14(10)22(24)25)21-9-12(20-11(21)2)8-19-17(23)15-5-6-16(18)26-15/h3-7,9H,8H2,1-2H3,(H,19,23). The van der Waals surface area contributed by atoms with Crippen LogP contribution >= 0.6 is 22.9 Å². The number of nitro groups is 1. The van der Waals surface area contributed by atoms with E-state index < -0.39 is 4.92 Å². The van der Waals surface area contributed by atoms with E-state index in [9.17, 15) is 14.9 Å². The quantitative estimate of drug-likeness (QED) is 0.525. The fourth-order valence-electron chi connectivity index (χ4n) is 2.57. The van der Waals surface area contributed by atoms with Gasteiger partial charge in [0.25, 0.3) is 11.6 Å². The van der Waals surface area contributed by atoms with Crippen LogP contribution in [0, 0.1) is 24.0 Å². The molecule has 3 aromatic rings. The fourth-order valence-corrected chi connectivity index (χ4v) is 3.53. The Balaban J connectivity index is 1.76. The molecule has 26 heavy (non-hydrogen) atoms. The van der Waals surface area contributed by atoms with Gasteiger partial charge in [-0.1, -0.05) is 11.6 Å². The minimum atomic E-state index is -0.405. The Hall–Kier alpha value is -2.71. The first-order chi connectivity index (χ1) is 12.3. The van der Waals surface area contributed by atoms with Crippen LogP contribution in [0.2, 0.25) is 4.34 Å². The molecule has 1 amide bonds. The molecule has 0 aliphatic heterocycles. The van der Waals surface area contributed by atoms with E-state index in [4.69, 9.17) is 11.6 Å². The normalized spacial score (nSPS) is 10.7. The summed E-state index contributed by atoms with van der Waals surface area (Å²) in [5.74, 6) is 0.516. The first kappa shape index (κ1) is 18.1. The van der Waals surface area contributed by atoms with Gasteiger partial charge in [0, 0.05) is 23.5 Å². The Morgan fingerprint density at radius 2 is 2.12 bits per heavy atom. The number of nitrogens with zero attached hydrogens (tertiary/aromatic N) is 3. The minimum absolute atomic E-state index is 0.0774. The van der Waals surface area contributed by atoms with Crippen molar-refractivity contribution in [3.8, 4) is 5.69 Å². The number of benzene rings is 1. The Morgan fingerprint density at radius 3 is 2.73 bits per heavy atom.